The first-order chi connectivity index (χ1) is 6.65. The van der Waals surface area contributed by atoms with Gasteiger partial charge in [0.1, 0.15) is 0 Å². The number of rotatable bonds is 3. The van der Waals surface area contributed by atoms with Crippen LogP contribution in [0.5, 0.6) is 0 Å². The summed E-state index contributed by atoms with van der Waals surface area (Å²) >= 11 is 0. The number of hydroxylamine groups is 2. The Hall–Kier alpha value is -1.54. The zero-order valence-electron chi connectivity index (χ0n) is 7.60. The van der Waals surface area contributed by atoms with Gasteiger partial charge in [0.05, 0.1) is 6.42 Å². The third kappa shape index (κ3) is 2.47. The summed E-state index contributed by atoms with van der Waals surface area (Å²) in [5, 5.41) is 9.93. The van der Waals surface area contributed by atoms with E-state index in [-0.39, 0.29) is 25.2 Å². The average molecular weight is 197 g/mol. The van der Waals surface area contributed by atoms with E-state index in [4.69, 9.17) is 6.42 Å². The highest BCUT2D eigenvalue weighted by atomic mass is 16.7. The first-order valence-corrected chi connectivity index (χ1v) is 4.29. The van der Waals surface area contributed by atoms with Crippen LogP contribution in [0.25, 0.3) is 0 Å². The molecule has 76 valence electrons. The Morgan fingerprint density at radius 1 is 1.79 bits per heavy atom. The number of aliphatic hydroxyl groups is 1. The van der Waals surface area contributed by atoms with E-state index in [1.807, 2.05) is 0 Å². The maximum atomic E-state index is 11.0. The summed E-state index contributed by atoms with van der Waals surface area (Å²) in [5.41, 5.74) is 0. The summed E-state index contributed by atoms with van der Waals surface area (Å²) in [6.45, 7) is 0. The van der Waals surface area contributed by atoms with E-state index in [9.17, 15) is 14.7 Å². The van der Waals surface area contributed by atoms with E-state index in [2.05, 4.69) is 10.8 Å². The molecule has 0 saturated carbocycles. The highest BCUT2D eigenvalue weighted by molar-refractivity contribution is 5.79. The van der Waals surface area contributed by atoms with E-state index in [1.54, 1.807) is 0 Å². The van der Waals surface area contributed by atoms with Crippen molar-refractivity contribution in [2.24, 2.45) is 0 Å². The van der Waals surface area contributed by atoms with Crippen LogP contribution in [-0.2, 0) is 14.4 Å². The molecule has 0 spiro atoms. The third-order valence-corrected chi connectivity index (χ3v) is 1.81. The molecule has 0 aromatic heterocycles. The van der Waals surface area contributed by atoms with Crippen LogP contribution in [0, 0.1) is 12.3 Å². The molecule has 1 aliphatic rings. The van der Waals surface area contributed by atoms with Crippen molar-refractivity contribution in [3.05, 3.63) is 0 Å². The summed E-state index contributed by atoms with van der Waals surface area (Å²) in [5.74, 6) is 1.30. The predicted molar refractivity (Wildman–Crippen MR) is 46.2 cm³/mol. The zero-order valence-corrected chi connectivity index (χ0v) is 7.60. The van der Waals surface area contributed by atoms with E-state index >= 15 is 0 Å². The Labute approximate surface area is 81.6 Å². The van der Waals surface area contributed by atoms with Gasteiger partial charge in [-0.25, -0.2) is 4.79 Å². The Balaban J connectivity index is 2.40. The molecule has 1 amide bonds. The summed E-state index contributed by atoms with van der Waals surface area (Å²) in [6, 6.07) is 0. The molecule has 1 heterocycles. The number of terminal acetylenes is 1. The second-order valence-electron chi connectivity index (χ2n) is 2.91. The molecule has 0 aromatic carbocycles. The number of carbonyl (C=O) groups is 2. The van der Waals surface area contributed by atoms with Crippen LogP contribution in [0.2, 0.25) is 0 Å². The number of hydrogen-bond acceptors (Lipinski definition) is 4. The van der Waals surface area contributed by atoms with Crippen molar-refractivity contribution < 1.29 is 19.5 Å². The summed E-state index contributed by atoms with van der Waals surface area (Å²) in [4.78, 5) is 26.7. The molecule has 14 heavy (non-hydrogen) atoms. The number of amides is 1. The molecule has 1 unspecified atom stereocenters. The fraction of sp³-hybridized carbons (Fsp3) is 0.556. The molecule has 0 bridgehead atoms. The first-order valence-electron chi connectivity index (χ1n) is 4.29. The molecule has 1 fully saturated rings. The molecule has 1 N–H and O–H groups in total. The minimum absolute atomic E-state index is 0.0486. The molecular formula is C9H11NO4. The van der Waals surface area contributed by atoms with Gasteiger partial charge in [0.15, 0.2) is 6.23 Å². The second-order valence-corrected chi connectivity index (χ2v) is 2.91. The van der Waals surface area contributed by atoms with E-state index in [0.29, 0.717) is 11.5 Å². The SMILES string of the molecule is C#CCCC(=O)ON1C(=O)CCC1O. The minimum atomic E-state index is -1.02. The standard InChI is InChI=1S/C9H11NO4/c1-2-3-4-9(13)14-10-7(11)5-6-8(10)12/h1,7,11H,3-6H2. The normalized spacial score (nSPS) is 20.7. The largest absolute Gasteiger partial charge is 0.370 e. The molecule has 1 atom stereocenters. The number of aliphatic hydroxyl groups excluding tert-OH is 1. The van der Waals surface area contributed by atoms with E-state index in [1.165, 1.54) is 0 Å². The third-order valence-electron chi connectivity index (χ3n) is 1.81. The van der Waals surface area contributed by atoms with Gasteiger partial charge in [0.25, 0.3) is 5.91 Å². The van der Waals surface area contributed by atoms with Gasteiger partial charge in [0, 0.05) is 19.3 Å². The molecule has 0 radical (unpaired) electrons. The predicted octanol–water partition coefficient (Wildman–Crippen LogP) is -0.201. The van der Waals surface area contributed by atoms with Crippen LogP contribution in [0.3, 0.4) is 0 Å². The van der Waals surface area contributed by atoms with Crippen molar-refractivity contribution in [1.82, 2.24) is 5.06 Å². The van der Waals surface area contributed by atoms with Gasteiger partial charge in [-0.1, -0.05) is 0 Å². The fourth-order valence-electron chi connectivity index (χ4n) is 1.09. The number of hydrogen-bond donors (Lipinski definition) is 1. The Morgan fingerprint density at radius 2 is 2.50 bits per heavy atom. The lowest BCUT2D eigenvalue weighted by Gasteiger charge is -2.18. The summed E-state index contributed by atoms with van der Waals surface area (Å²) < 4.78 is 0. The molecule has 5 nitrogen and oxygen atoms in total. The Kier molecular flexibility index (Phi) is 3.48. The molecule has 0 aliphatic carbocycles. The number of carbonyl (C=O) groups excluding carboxylic acids is 2. The smallest absolute Gasteiger partial charge is 0.333 e. The van der Waals surface area contributed by atoms with Crippen LogP contribution in [0.4, 0.5) is 0 Å². The first kappa shape index (κ1) is 10.5. The van der Waals surface area contributed by atoms with Crippen molar-refractivity contribution in [3.63, 3.8) is 0 Å². The van der Waals surface area contributed by atoms with Gasteiger partial charge >= 0.3 is 5.97 Å². The van der Waals surface area contributed by atoms with Gasteiger partial charge in [-0.3, -0.25) is 4.79 Å². The van der Waals surface area contributed by atoms with Crippen molar-refractivity contribution in [3.8, 4) is 12.3 Å². The van der Waals surface area contributed by atoms with Gasteiger partial charge in [0.2, 0.25) is 0 Å². The molecule has 1 rings (SSSR count). The lowest BCUT2D eigenvalue weighted by atomic mass is 10.3. The summed E-state index contributed by atoms with van der Waals surface area (Å²) in [6.07, 6.45) is 4.74. The number of nitrogens with zero attached hydrogens (tertiary/aromatic N) is 1. The highest BCUT2D eigenvalue weighted by Gasteiger charge is 2.32. The van der Waals surface area contributed by atoms with E-state index in [0.717, 1.165) is 0 Å². The van der Waals surface area contributed by atoms with Crippen LogP contribution in [0.15, 0.2) is 0 Å². The maximum absolute atomic E-state index is 11.0. The summed E-state index contributed by atoms with van der Waals surface area (Å²) in [7, 11) is 0. The Morgan fingerprint density at radius 3 is 3.00 bits per heavy atom. The van der Waals surface area contributed by atoms with Crippen molar-refractivity contribution in [2.45, 2.75) is 31.9 Å². The monoisotopic (exact) mass is 197 g/mol. The van der Waals surface area contributed by atoms with Crippen molar-refractivity contribution >= 4 is 11.9 Å². The van der Waals surface area contributed by atoms with Gasteiger partial charge < -0.3 is 9.94 Å². The van der Waals surface area contributed by atoms with Crippen molar-refractivity contribution in [2.75, 3.05) is 0 Å². The maximum Gasteiger partial charge on any atom is 0.333 e. The zero-order chi connectivity index (χ0) is 10.6. The Bertz CT molecular complexity index is 281. The molecule has 0 aromatic rings. The van der Waals surface area contributed by atoms with Gasteiger partial charge in [-0.15, -0.1) is 17.4 Å². The lowest BCUT2D eigenvalue weighted by Crippen LogP contribution is -2.35. The topological polar surface area (TPSA) is 66.8 Å². The fourth-order valence-corrected chi connectivity index (χ4v) is 1.09. The van der Waals surface area contributed by atoms with Crippen LogP contribution in [0.1, 0.15) is 25.7 Å². The van der Waals surface area contributed by atoms with E-state index < -0.39 is 12.2 Å². The van der Waals surface area contributed by atoms with Crippen LogP contribution < -0.4 is 0 Å². The van der Waals surface area contributed by atoms with Crippen LogP contribution >= 0.6 is 0 Å². The van der Waals surface area contributed by atoms with Crippen LogP contribution in [-0.4, -0.2) is 28.3 Å². The highest BCUT2D eigenvalue weighted by Crippen LogP contribution is 2.16. The van der Waals surface area contributed by atoms with Gasteiger partial charge in [-0.2, -0.15) is 0 Å². The quantitative estimate of drug-likeness (QED) is 0.636. The van der Waals surface area contributed by atoms with Gasteiger partial charge in [-0.05, 0) is 0 Å². The molecule has 1 aliphatic heterocycles. The molecule has 1 saturated heterocycles. The average Bonchev–Trinajstić information content (AvgIpc) is 2.46. The lowest BCUT2D eigenvalue weighted by molar-refractivity contribution is -0.220. The second kappa shape index (κ2) is 4.63. The van der Waals surface area contributed by atoms with Crippen molar-refractivity contribution in [1.29, 1.82) is 0 Å². The molecule has 5 heteroatoms. The molecular weight excluding hydrogens is 186 g/mol. The minimum Gasteiger partial charge on any atom is -0.370 e.